The summed E-state index contributed by atoms with van der Waals surface area (Å²) in [5.41, 5.74) is 0.0169. The molecular weight excluding hydrogens is 299 g/mol. The smallest absolute Gasteiger partial charge is 0.300 e. The van der Waals surface area contributed by atoms with Crippen molar-refractivity contribution in [3.63, 3.8) is 0 Å². The van der Waals surface area contributed by atoms with Gasteiger partial charge in [0.05, 0.1) is 6.54 Å². The lowest BCUT2D eigenvalue weighted by Gasteiger charge is -2.10. The molecule has 1 heterocycles. The summed E-state index contributed by atoms with van der Waals surface area (Å²) in [5, 5.41) is 0.956. The zero-order valence-corrected chi connectivity index (χ0v) is 12.5. The van der Waals surface area contributed by atoms with E-state index in [1.807, 2.05) is 6.92 Å². The predicted octanol–water partition coefficient (Wildman–Crippen LogP) is 2.78. The van der Waals surface area contributed by atoms with Crippen molar-refractivity contribution in [3.8, 4) is 0 Å². The van der Waals surface area contributed by atoms with Gasteiger partial charge in [-0.2, -0.15) is 0 Å². The first-order valence-corrected chi connectivity index (χ1v) is 7.02. The van der Waals surface area contributed by atoms with Crippen molar-refractivity contribution in [3.05, 3.63) is 66.9 Å². The molecule has 0 bridgehead atoms. The van der Waals surface area contributed by atoms with Crippen LogP contribution in [-0.4, -0.2) is 9.13 Å². The summed E-state index contributed by atoms with van der Waals surface area (Å²) in [4.78, 5) is 24.1. The van der Waals surface area contributed by atoms with Crippen molar-refractivity contribution < 1.29 is 0 Å². The van der Waals surface area contributed by atoms with Crippen molar-refractivity contribution in [1.82, 2.24) is 9.13 Å². The fourth-order valence-corrected chi connectivity index (χ4v) is 2.40. The van der Waals surface area contributed by atoms with E-state index in [0.717, 1.165) is 6.42 Å². The largest absolute Gasteiger partial charge is 0.331 e. The molecule has 0 amide bonds. The summed E-state index contributed by atoms with van der Waals surface area (Å²) in [6.45, 7) is 2.68. The van der Waals surface area contributed by atoms with Crippen LogP contribution in [0.3, 0.4) is 0 Å². The first kappa shape index (κ1) is 14.9. The number of aryl methyl sites for hydroxylation is 1. The maximum atomic E-state index is 12.2. The van der Waals surface area contributed by atoms with E-state index < -0.39 is 0 Å². The molecule has 4 nitrogen and oxygen atoms in total. The van der Waals surface area contributed by atoms with Crippen LogP contribution in [0.1, 0.15) is 18.9 Å². The van der Waals surface area contributed by atoms with Gasteiger partial charge in [-0.3, -0.25) is 9.36 Å². The van der Waals surface area contributed by atoms with Gasteiger partial charge in [0, 0.05) is 28.9 Å². The molecule has 0 fully saturated rings. The van der Waals surface area contributed by atoms with Crippen LogP contribution in [0.25, 0.3) is 0 Å². The van der Waals surface area contributed by atoms with Gasteiger partial charge in [-0.15, -0.1) is 0 Å². The summed E-state index contributed by atoms with van der Waals surface area (Å²) in [7, 11) is 0. The molecule has 0 atom stereocenters. The molecule has 2 rings (SSSR count). The van der Waals surface area contributed by atoms with E-state index in [9.17, 15) is 9.59 Å². The maximum Gasteiger partial charge on any atom is 0.331 e. The second kappa shape index (κ2) is 6.29. The van der Waals surface area contributed by atoms with E-state index >= 15 is 0 Å². The molecule has 2 aromatic rings. The fraction of sp³-hybridized carbons (Fsp3) is 0.286. The number of halogens is 2. The Hall–Kier alpha value is -1.52. The highest BCUT2D eigenvalue weighted by atomic mass is 35.5. The Morgan fingerprint density at radius 2 is 1.90 bits per heavy atom. The first-order valence-electron chi connectivity index (χ1n) is 6.27. The van der Waals surface area contributed by atoms with Crippen LogP contribution in [-0.2, 0) is 13.1 Å². The standard InChI is InChI=1S/C14H14Cl2N2O2/c1-2-6-17-7-5-13(19)18(14(17)20)9-10-3-4-11(15)8-12(10)16/h3-5,7-8H,2,6,9H2,1H3. The van der Waals surface area contributed by atoms with E-state index in [-0.39, 0.29) is 17.8 Å². The molecule has 0 unspecified atom stereocenters. The van der Waals surface area contributed by atoms with E-state index in [0.29, 0.717) is 22.2 Å². The zero-order valence-electron chi connectivity index (χ0n) is 11.0. The monoisotopic (exact) mass is 312 g/mol. The van der Waals surface area contributed by atoms with E-state index in [4.69, 9.17) is 23.2 Å². The lowest BCUT2D eigenvalue weighted by Crippen LogP contribution is -2.39. The molecule has 0 aliphatic heterocycles. The van der Waals surface area contributed by atoms with Gasteiger partial charge in [-0.1, -0.05) is 36.2 Å². The fourth-order valence-electron chi connectivity index (χ4n) is 1.93. The van der Waals surface area contributed by atoms with Gasteiger partial charge in [0.15, 0.2) is 0 Å². The molecule has 1 aromatic heterocycles. The highest BCUT2D eigenvalue weighted by Gasteiger charge is 2.08. The molecule has 0 radical (unpaired) electrons. The van der Waals surface area contributed by atoms with Crippen LogP contribution in [0.4, 0.5) is 0 Å². The van der Waals surface area contributed by atoms with Crippen molar-refractivity contribution in [1.29, 1.82) is 0 Å². The van der Waals surface area contributed by atoms with Crippen LogP contribution in [0, 0.1) is 0 Å². The summed E-state index contributed by atoms with van der Waals surface area (Å²) < 4.78 is 2.69. The second-order valence-electron chi connectivity index (χ2n) is 4.45. The Morgan fingerprint density at radius 3 is 2.55 bits per heavy atom. The predicted molar refractivity (Wildman–Crippen MR) is 80.8 cm³/mol. The van der Waals surface area contributed by atoms with Crippen LogP contribution in [0.15, 0.2) is 40.1 Å². The topological polar surface area (TPSA) is 44.0 Å². The van der Waals surface area contributed by atoms with E-state index in [1.165, 1.54) is 21.4 Å². The highest BCUT2D eigenvalue weighted by Crippen LogP contribution is 2.21. The quantitative estimate of drug-likeness (QED) is 0.871. The lowest BCUT2D eigenvalue weighted by molar-refractivity contribution is 0.571. The molecule has 0 N–H and O–H groups in total. The summed E-state index contributed by atoms with van der Waals surface area (Å²) >= 11 is 11.9. The third kappa shape index (κ3) is 3.14. The van der Waals surface area contributed by atoms with Gasteiger partial charge in [0.2, 0.25) is 0 Å². The zero-order chi connectivity index (χ0) is 14.7. The van der Waals surface area contributed by atoms with Crippen molar-refractivity contribution in [2.75, 3.05) is 0 Å². The molecule has 0 spiro atoms. The molecule has 1 aromatic carbocycles. The van der Waals surface area contributed by atoms with Crippen LogP contribution in [0.5, 0.6) is 0 Å². The van der Waals surface area contributed by atoms with Gasteiger partial charge in [-0.25, -0.2) is 4.79 Å². The Bertz CT molecular complexity index is 735. The minimum atomic E-state index is -0.339. The van der Waals surface area contributed by atoms with Gasteiger partial charge in [0.25, 0.3) is 5.56 Å². The minimum Gasteiger partial charge on any atom is -0.300 e. The summed E-state index contributed by atoms with van der Waals surface area (Å²) in [6.07, 6.45) is 2.34. The normalized spacial score (nSPS) is 10.8. The molecule has 6 heteroatoms. The Morgan fingerprint density at radius 1 is 1.15 bits per heavy atom. The van der Waals surface area contributed by atoms with Crippen molar-refractivity contribution in [2.24, 2.45) is 0 Å². The summed E-state index contributed by atoms with van der Waals surface area (Å²) in [6, 6.07) is 6.38. The number of benzene rings is 1. The van der Waals surface area contributed by atoms with E-state index in [2.05, 4.69) is 0 Å². The molecule has 20 heavy (non-hydrogen) atoms. The van der Waals surface area contributed by atoms with Crippen LogP contribution >= 0.6 is 23.2 Å². The summed E-state index contributed by atoms with van der Waals surface area (Å²) in [5.74, 6) is 0. The molecule has 0 saturated heterocycles. The Kier molecular flexibility index (Phi) is 4.68. The lowest BCUT2D eigenvalue weighted by atomic mass is 10.2. The molecular formula is C14H14Cl2N2O2. The van der Waals surface area contributed by atoms with E-state index in [1.54, 1.807) is 18.2 Å². The average molecular weight is 313 g/mol. The number of hydrogen-bond donors (Lipinski definition) is 0. The van der Waals surface area contributed by atoms with Crippen LogP contribution < -0.4 is 11.2 Å². The molecule has 0 aliphatic rings. The molecule has 0 saturated carbocycles. The Labute approximate surface area is 126 Å². The minimum absolute atomic E-state index is 0.137. The third-order valence-corrected chi connectivity index (χ3v) is 3.53. The number of hydrogen-bond acceptors (Lipinski definition) is 2. The average Bonchev–Trinajstić information content (AvgIpc) is 2.40. The van der Waals surface area contributed by atoms with Gasteiger partial charge >= 0.3 is 5.69 Å². The first-order chi connectivity index (χ1) is 9.52. The molecule has 0 aliphatic carbocycles. The SMILES string of the molecule is CCCn1ccc(=O)n(Cc2ccc(Cl)cc2Cl)c1=O. The van der Waals surface area contributed by atoms with Crippen LogP contribution in [0.2, 0.25) is 10.0 Å². The van der Waals surface area contributed by atoms with Crippen molar-refractivity contribution >= 4 is 23.2 Å². The highest BCUT2D eigenvalue weighted by molar-refractivity contribution is 6.35. The maximum absolute atomic E-state index is 12.2. The van der Waals surface area contributed by atoms with Gasteiger partial charge in [0.1, 0.15) is 0 Å². The van der Waals surface area contributed by atoms with Crippen molar-refractivity contribution in [2.45, 2.75) is 26.4 Å². The van der Waals surface area contributed by atoms with Gasteiger partial charge in [-0.05, 0) is 24.1 Å². The number of aromatic nitrogens is 2. The van der Waals surface area contributed by atoms with Gasteiger partial charge < -0.3 is 4.57 Å². The number of nitrogens with zero attached hydrogens (tertiary/aromatic N) is 2. The number of rotatable bonds is 4. The molecule has 106 valence electrons. The second-order valence-corrected chi connectivity index (χ2v) is 5.30. The third-order valence-electron chi connectivity index (χ3n) is 2.95. The Balaban J connectivity index is 2.45.